The first-order valence-corrected chi connectivity index (χ1v) is 9.25. The highest BCUT2D eigenvalue weighted by molar-refractivity contribution is 9.10. The Labute approximate surface area is 156 Å². The van der Waals surface area contributed by atoms with E-state index in [0.29, 0.717) is 18.5 Å². The fourth-order valence-corrected chi connectivity index (χ4v) is 3.45. The first kappa shape index (κ1) is 17.7. The molecular formula is C20H21BrN2O2. The van der Waals surface area contributed by atoms with E-state index in [4.69, 9.17) is 0 Å². The molecule has 1 heterocycles. The molecule has 0 bridgehead atoms. The van der Waals surface area contributed by atoms with Crippen molar-refractivity contribution < 1.29 is 9.59 Å². The van der Waals surface area contributed by atoms with Crippen LogP contribution in [0.1, 0.15) is 35.2 Å². The molecule has 4 nitrogen and oxygen atoms in total. The summed E-state index contributed by atoms with van der Waals surface area (Å²) in [5, 5.41) is 0. The minimum atomic E-state index is -0.0349. The molecule has 0 spiro atoms. The van der Waals surface area contributed by atoms with E-state index in [1.807, 2.05) is 41.3 Å². The van der Waals surface area contributed by atoms with Gasteiger partial charge in [-0.1, -0.05) is 34.1 Å². The van der Waals surface area contributed by atoms with Gasteiger partial charge in [-0.2, -0.15) is 0 Å². The maximum atomic E-state index is 12.6. The molecule has 130 valence electrons. The first-order valence-electron chi connectivity index (χ1n) is 8.45. The van der Waals surface area contributed by atoms with Gasteiger partial charge in [-0.15, -0.1) is 0 Å². The summed E-state index contributed by atoms with van der Waals surface area (Å²) < 4.78 is 0.994. The van der Waals surface area contributed by atoms with Crippen molar-refractivity contribution in [1.29, 1.82) is 0 Å². The molecular weight excluding hydrogens is 380 g/mol. The van der Waals surface area contributed by atoms with E-state index in [2.05, 4.69) is 15.9 Å². The second-order valence-corrected chi connectivity index (χ2v) is 7.16. The van der Waals surface area contributed by atoms with Crippen molar-refractivity contribution in [2.24, 2.45) is 0 Å². The number of piperidine rings is 1. The molecule has 2 amide bonds. The molecule has 0 unspecified atom stereocenters. The highest BCUT2D eigenvalue weighted by Crippen LogP contribution is 2.22. The van der Waals surface area contributed by atoms with Crippen LogP contribution in [0.15, 0.2) is 53.0 Å². The lowest BCUT2D eigenvalue weighted by Gasteiger charge is -2.27. The van der Waals surface area contributed by atoms with Gasteiger partial charge in [0.15, 0.2) is 0 Å². The summed E-state index contributed by atoms with van der Waals surface area (Å²) in [6, 6.07) is 15.2. The quantitative estimate of drug-likeness (QED) is 0.769. The minimum Gasteiger partial charge on any atom is -0.337 e. The molecule has 0 aliphatic carbocycles. The SMILES string of the molecule is CN(Cc1ccccc1Br)C(=O)c1ccc(N2CCCCC2=O)cc1. The van der Waals surface area contributed by atoms with Crippen LogP contribution in [0.25, 0.3) is 0 Å². The summed E-state index contributed by atoms with van der Waals surface area (Å²) in [7, 11) is 1.80. The standard InChI is InChI=1S/C20H21BrN2O2/c1-22(14-16-6-2-3-7-18(16)21)20(25)15-9-11-17(12-10-15)23-13-5-4-8-19(23)24/h2-3,6-7,9-12H,4-5,8,13-14H2,1H3. The van der Waals surface area contributed by atoms with Gasteiger partial charge < -0.3 is 9.80 Å². The highest BCUT2D eigenvalue weighted by Gasteiger charge is 2.20. The lowest BCUT2D eigenvalue weighted by Crippen LogP contribution is -2.35. The third kappa shape index (κ3) is 4.10. The van der Waals surface area contributed by atoms with Crippen LogP contribution >= 0.6 is 15.9 Å². The number of halogens is 1. The molecule has 3 rings (SSSR count). The molecule has 0 saturated carbocycles. The summed E-state index contributed by atoms with van der Waals surface area (Å²) in [4.78, 5) is 28.1. The van der Waals surface area contributed by atoms with Crippen molar-refractivity contribution in [2.45, 2.75) is 25.8 Å². The number of carbonyl (C=O) groups is 2. The lowest BCUT2D eigenvalue weighted by molar-refractivity contribution is -0.119. The van der Waals surface area contributed by atoms with Crippen molar-refractivity contribution >= 4 is 33.4 Å². The van der Waals surface area contributed by atoms with Crippen LogP contribution < -0.4 is 4.90 Å². The topological polar surface area (TPSA) is 40.6 Å². The Kier molecular flexibility index (Phi) is 5.53. The average Bonchev–Trinajstić information content (AvgIpc) is 2.63. The van der Waals surface area contributed by atoms with Crippen LogP contribution in [-0.2, 0) is 11.3 Å². The van der Waals surface area contributed by atoms with Crippen LogP contribution in [0.2, 0.25) is 0 Å². The lowest BCUT2D eigenvalue weighted by atomic mass is 10.1. The molecule has 1 saturated heterocycles. The smallest absolute Gasteiger partial charge is 0.253 e. The van der Waals surface area contributed by atoms with Gasteiger partial charge in [-0.3, -0.25) is 9.59 Å². The molecule has 1 fully saturated rings. The van der Waals surface area contributed by atoms with E-state index in [1.54, 1.807) is 24.1 Å². The predicted molar refractivity (Wildman–Crippen MR) is 103 cm³/mol. The first-order chi connectivity index (χ1) is 12.1. The van der Waals surface area contributed by atoms with Gasteiger partial charge in [-0.25, -0.2) is 0 Å². The number of hydrogen-bond donors (Lipinski definition) is 0. The highest BCUT2D eigenvalue weighted by atomic mass is 79.9. The Morgan fingerprint density at radius 2 is 1.84 bits per heavy atom. The number of rotatable bonds is 4. The zero-order chi connectivity index (χ0) is 17.8. The van der Waals surface area contributed by atoms with Gasteiger partial charge in [0.2, 0.25) is 5.91 Å². The number of benzene rings is 2. The van der Waals surface area contributed by atoms with Crippen molar-refractivity contribution in [1.82, 2.24) is 4.90 Å². The van der Waals surface area contributed by atoms with Gasteiger partial charge in [0.25, 0.3) is 5.91 Å². The Balaban J connectivity index is 1.70. The van der Waals surface area contributed by atoms with Crippen LogP contribution in [0.5, 0.6) is 0 Å². The van der Waals surface area contributed by atoms with E-state index < -0.39 is 0 Å². The summed E-state index contributed by atoms with van der Waals surface area (Å²) in [6.07, 6.45) is 2.60. The molecule has 0 N–H and O–H groups in total. The van der Waals surface area contributed by atoms with Gasteiger partial charge in [0.05, 0.1) is 0 Å². The van der Waals surface area contributed by atoms with Gasteiger partial charge in [-0.05, 0) is 48.7 Å². The fourth-order valence-electron chi connectivity index (χ4n) is 3.04. The normalized spacial score (nSPS) is 14.5. The summed E-state index contributed by atoms with van der Waals surface area (Å²) >= 11 is 3.51. The van der Waals surface area contributed by atoms with Crippen molar-refractivity contribution in [3.63, 3.8) is 0 Å². The monoisotopic (exact) mass is 400 g/mol. The molecule has 2 aromatic rings. The Hall–Kier alpha value is -2.14. The maximum absolute atomic E-state index is 12.6. The maximum Gasteiger partial charge on any atom is 0.253 e. The van der Waals surface area contributed by atoms with Gasteiger partial charge in [0.1, 0.15) is 0 Å². The van der Waals surface area contributed by atoms with Crippen molar-refractivity contribution in [3.8, 4) is 0 Å². The van der Waals surface area contributed by atoms with Gasteiger partial charge >= 0.3 is 0 Å². The number of carbonyl (C=O) groups excluding carboxylic acids is 2. The summed E-state index contributed by atoms with van der Waals surface area (Å²) in [5.41, 5.74) is 2.56. The second-order valence-electron chi connectivity index (χ2n) is 6.30. The molecule has 2 aromatic carbocycles. The van der Waals surface area contributed by atoms with E-state index in [0.717, 1.165) is 35.1 Å². The zero-order valence-electron chi connectivity index (χ0n) is 14.2. The van der Waals surface area contributed by atoms with E-state index in [-0.39, 0.29) is 11.8 Å². The Bertz CT molecular complexity index is 774. The van der Waals surface area contributed by atoms with Gasteiger partial charge in [0, 0.05) is 42.3 Å². The van der Waals surface area contributed by atoms with E-state index in [1.165, 1.54) is 0 Å². The third-order valence-corrected chi connectivity index (χ3v) is 5.24. The average molecular weight is 401 g/mol. The number of anilines is 1. The van der Waals surface area contributed by atoms with Crippen molar-refractivity contribution in [2.75, 3.05) is 18.5 Å². The van der Waals surface area contributed by atoms with Crippen LogP contribution in [0.4, 0.5) is 5.69 Å². The molecule has 0 atom stereocenters. The molecule has 0 radical (unpaired) electrons. The van der Waals surface area contributed by atoms with E-state index in [9.17, 15) is 9.59 Å². The number of hydrogen-bond acceptors (Lipinski definition) is 2. The minimum absolute atomic E-state index is 0.0349. The number of amides is 2. The molecule has 5 heteroatoms. The number of nitrogens with zero attached hydrogens (tertiary/aromatic N) is 2. The molecule has 1 aliphatic heterocycles. The largest absolute Gasteiger partial charge is 0.337 e. The fraction of sp³-hybridized carbons (Fsp3) is 0.300. The van der Waals surface area contributed by atoms with Crippen LogP contribution in [-0.4, -0.2) is 30.3 Å². The predicted octanol–water partition coefficient (Wildman–Crippen LogP) is 4.24. The van der Waals surface area contributed by atoms with Crippen molar-refractivity contribution in [3.05, 3.63) is 64.1 Å². The zero-order valence-corrected chi connectivity index (χ0v) is 15.8. The van der Waals surface area contributed by atoms with Crippen LogP contribution in [0.3, 0.4) is 0 Å². The second kappa shape index (κ2) is 7.83. The molecule has 25 heavy (non-hydrogen) atoms. The summed E-state index contributed by atoms with van der Waals surface area (Å²) in [6.45, 7) is 1.29. The molecule has 0 aromatic heterocycles. The Morgan fingerprint density at radius 1 is 1.12 bits per heavy atom. The van der Waals surface area contributed by atoms with Crippen LogP contribution in [0, 0.1) is 0 Å². The Morgan fingerprint density at radius 3 is 2.52 bits per heavy atom. The molecule has 1 aliphatic rings. The summed E-state index contributed by atoms with van der Waals surface area (Å²) in [5.74, 6) is 0.128. The van der Waals surface area contributed by atoms with E-state index >= 15 is 0 Å². The third-order valence-electron chi connectivity index (χ3n) is 4.46.